The fourth-order valence-corrected chi connectivity index (χ4v) is 3.06. The molecule has 3 aromatic rings. The summed E-state index contributed by atoms with van der Waals surface area (Å²) in [6.45, 7) is 0.816. The molecule has 25 heavy (non-hydrogen) atoms. The Labute approximate surface area is 146 Å². The Hall–Kier alpha value is -2.82. The molecule has 0 bridgehead atoms. The van der Waals surface area contributed by atoms with Gasteiger partial charge in [0.1, 0.15) is 18.1 Å². The summed E-state index contributed by atoms with van der Waals surface area (Å²) in [6, 6.07) is 15.7. The lowest BCUT2D eigenvalue weighted by Crippen LogP contribution is -2.27. The van der Waals surface area contributed by atoms with Crippen molar-refractivity contribution in [3.05, 3.63) is 59.9 Å². The van der Waals surface area contributed by atoms with E-state index in [9.17, 15) is 4.79 Å². The molecule has 1 saturated carbocycles. The van der Waals surface area contributed by atoms with Gasteiger partial charge >= 0.3 is 0 Å². The van der Waals surface area contributed by atoms with Gasteiger partial charge < -0.3 is 14.6 Å². The quantitative estimate of drug-likeness (QED) is 0.752. The van der Waals surface area contributed by atoms with E-state index >= 15 is 0 Å². The summed E-state index contributed by atoms with van der Waals surface area (Å²) < 4.78 is 7.22. The number of hydrogen-bond donors (Lipinski definition) is 1. The van der Waals surface area contributed by atoms with Crippen LogP contribution in [0.4, 0.5) is 0 Å². The van der Waals surface area contributed by atoms with Gasteiger partial charge in [-0.1, -0.05) is 24.3 Å². The van der Waals surface area contributed by atoms with Crippen LogP contribution in [0.1, 0.15) is 30.1 Å². The van der Waals surface area contributed by atoms with Crippen molar-refractivity contribution in [2.75, 3.05) is 7.11 Å². The van der Waals surface area contributed by atoms with Crippen LogP contribution in [0, 0.1) is 0 Å². The average Bonchev–Trinajstić information content (AvgIpc) is 3.43. The number of rotatable bonds is 6. The van der Waals surface area contributed by atoms with Gasteiger partial charge in [0, 0.05) is 12.5 Å². The van der Waals surface area contributed by atoms with Gasteiger partial charge in [0.05, 0.1) is 18.1 Å². The summed E-state index contributed by atoms with van der Waals surface area (Å²) in [4.78, 5) is 17.2. The first kappa shape index (κ1) is 15.7. The summed E-state index contributed by atoms with van der Waals surface area (Å²) >= 11 is 0. The number of methoxy groups -OCH3 is 1. The molecule has 0 spiro atoms. The first-order chi connectivity index (χ1) is 12.2. The largest absolute Gasteiger partial charge is 0.497 e. The highest BCUT2D eigenvalue weighted by atomic mass is 16.5. The van der Waals surface area contributed by atoms with E-state index in [1.165, 1.54) is 0 Å². The summed E-state index contributed by atoms with van der Waals surface area (Å²) in [5.41, 5.74) is 3.04. The number of ether oxygens (including phenoxy) is 1. The van der Waals surface area contributed by atoms with Crippen molar-refractivity contribution in [1.82, 2.24) is 14.9 Å². The van der Waals surface area contributed by atoms with Gasteiger partial charge in [0.15, 0.2) is 0 Å². The van der Waals surface area contributed by atoms with Crippen LogP contribution < -0.4 is 10.1 Å². The Balaban J connectivity index is 1.47. The van der Waals surface area contributed by atoms with Crippen LogP contribution in [-0.4, -0.2) is 22.6 Å². The lowest BCUT2D eigenvalue weighted by atomic mass is 10.2. The zero-order chi connectivity index (χ0) is 17.2. The summed E-state index contributed by atoms with van der Waals surface area (Å²) in [5.74, 6) is 2.36. The highest BCUT2D eigenvalue weighted by molar-refractivity contribution is 5.81. The fourth-order valence-electron chi connectivity index (χ4n) is 3.06. The van der Waals surface area contributed by atoms with Gasteiger partial charge in [-0.25, -0.2) is 4.98 Å². The third kappa shape index (κ3) is 3.36. The zero-order valence-corrected chi connectivity index (χ0v) is 14.2. The molecule has 0 unspecified atom stereocenters. The summed E-state index contributed by atoms with van der Waals surface area (Å²) in [5, 5.41) is 3.00. The molecule has 0 atom stereocenters. The first-order valence-corrected chi connectivity index (χ1v) is 8.59. The lowest BCUT2D eigenvalue weighted by Gasteiger charge is -2.10. The van der Waals surface area contributed by atoms with Crippen molar-refractivity contribution >= 4 is 16.9 Å². The number of amides is 1. The number of nitrogens with zero attached hydrogens (tertiary/aromatic N) is 2. The molecule has 128 valence electrons. The molecule has 1 N–H and O–H groups in total. The van der Waals surface area contributed by atoms with Crippen molar-refractivity contribution in [2.24, 2.45) is 0 Å². The number of hydrogen-bond acceptors (Lipinski definition) is 3. The molecular formula is C20H21N3O2. The molecule has 1 aliphatic carbocycles. The van der Waals surface area contributed by atoms with Crippen LogP contribution in [0.15, 0.2) is 48.5 Å². The van der Waals surface area contributed by atoms with E-state index in [1.54, 1.807) is 7.11 Å². The predicted molar refractivity (Wildman–Crippen MR) is 96.5 cm³/mol. The van der Waals surface area contributed by atoms with Gasteiger partial charge in [-0.2, -0.15) is 0 Å². The van der Waals surface area contributed by atoms with Crippen LogP contribution >= 0.6 is 0 Å². The van der Waals surface area contributed by atoms with E-state index in [0.29, 0.717) is 19.0 Å². The number of nitrogens with one attached hydrogen (secondary N) is 1. The number of carbonyl (C=O) groups excluding carboxylic acids is 1. The van der Waals surface area contributed by atoms with E-state index in [4.69, 9.17) is 9.72 Å². The molecular weight excluding hydrogens is 314 g/mol. The van der Waals surface area contributed by atoms with Crippen molar-refractivity contribution in [2.45, 2.75) is 31.8 Å². The Bertz CT molecular complexity index is 895. The number of fused-ring (bicyclic) bond motifs is 1. The average molecular weight is 335 g/mol. The van der Waals surface area contributed by atoms with Crippen LogP contribution in [0.25, 0.3) is 11.0 Å². The second-order valence-electron chi connectivity index (χ2n) is 6.44. The van der Waals surface area contributed by atoms with Crippen molar-refractivity contribution in [3.63, 3.8) is 0 Å². The van der Waals surface area contributed by atoms with E-state index in [2.05, 4.69) is 9.88 Å². The van der Waals surface area contributed by atoms with Crippen LogP contribution in [0.3, 0.4) is 0 Å². The first-order valence-electron chi connectivity index (χ1n) is 8.59. The van der Waals surface area contributed by atoms with Crippen LogP contribution in [0.2, 0.25) is 0 Å². The second kappa shape index (κ2) is 6.59. The van der Waals surface area contributed by atoms with Crippen molar-refractivity contribution in [1.29, 1.82) is 0 Å². The molecule has 2 aromatic carbocycles. The van der Waals surface area contributed by atoms with Crippen LogP contribution in [-0.2, 0) is 17.9 Å². The SMILES string of the molecule is COc1ccc(CNC(=O)Cn2c(C3CC3)nc3ccccc32)cc1. The third-order valence-electron chi connectivity index (χ3n) is 4.58. The van der Waals surface area contributed by atoms with Crippen molar-refractivity contribution in [3.8, 4) is 5.75 Å². The minimum Gasteiger partial charge on any atom is -0.497 e. The molecule has 0 saturated heterocycles. The highest BCUT2D eigenvalue weighted by Crippen LogP contribution is 2.40. The molecule has 1 heterocycles. The molecule has 0 aliphatic heterocycles. The Kier molecular flexibility index (Phi) is 4.14. The van der Waals surface area contributed by atoms with Gasteiger partial charge in [0.2, 0.25) is 5.91 Å². The third-order valence-corrected chi connectivity index (χ3v) is 4.58. The molecule has 5 heteroatoms. The Morgan fingerprint density at radius 3 is 2.68 bits per heavy atom. The molecule has 4 rings (SSSR count). The van der Waals surface area contributed by atoms with Crippen molar-refractivity contribution < 1.29 is 9.53 Å². The molecule has 1 fully saturated rings. The maximum absolute atomic E-state index is 12.5. The molecule has 5 nitrogen and oxygen atoms in total. The maximum Gasteiger partial charge on any atom is 0.240 e. The zero-order valence-electron chi connectivity index (χ0n) is 14.2. The number of benzene rings is 2. The minimum atomic E-state index is 0.000807. The number of carbonyl (C=O) groups is 1. The molecule has 1 aliphatic rings. The Morgan fingerprint density at radius 2 is 1.96 bits per heavy atom. The molecule has 0 radical (unpaired) electrons. The van der Waals surface area contributed by atoms with Crippen LogP contribution in [0.5, 0.6) is 5.75 Å². The topological polar surface area (TPSA) is 56.1 Å². The maximum atomic E-state index is 12.5. The summed E-state index contributed by atoms with van der Waals surface area (Å²) in [6.07, 6.45) is 2.33. The van der Waals surface area contributed by atoms with Gasteiger partial charge in [-0.3, -0.25) is 4.79 Å². The second-order valence-corrected chi connectivity index (χ2v) is 6.44. The van der Waals surface area contributed by atoms with Gasteiger partial charge in [-0.05, 0) is 42.7 Å². The minimum absolute atomic E-state index is 0.000807. The Morgan fingerprint density at radius 1 is 1.20 bits per heavy atom. The summed E-state index contributed by atoms with van der Waals surface area (Å²) in [7, 11) is 1.64. The molecule has 1 aromatic heterocycles. The van der Waals surface area contributed by atoms with E-state index in [1.807, 2.05) is 48.5 Å². The monoisotopic (exact) mass is 335 g/mol. The standard InChI is InChI=1S/C20H21N3O2/c1-25-16-10-6-14(7-11-16)12-21-19(24)13-23-18-5-3-2-4-17(18)22-20(23)15-8-9-15/h2-7,10-11,15H,8-9,12-13H2,1H3,(H,21,24). The number of aromatic nitrogens is 2. The lowest BCUT2D eigenvalue weighted by molar-refractivity contribution is -0.121. The highest BCUT2D eigenvalue weighted by Gasteiger charge is 2.30. The van der Waals surface area contributed by atoms with E-state index in [0.717, 1.165) is 41.0 Å². The number of para-hydroxylation sites is 2. The van der Waals surface area contributed by atoms with E-state index < -0.39 is 0 Å². The van der Waals surface area contributed by atoms with Gasteiger partial charge in [-0.15, -0.1) is 0 Å². The predicted octanol–water partition coefficient (Wildman–Crippen LogP) is 3.24. The fraction of sp³-hybridized carbons (Fsp3) is 0.300. The van der Waals surface area contributed by atoms with E-state index in [-0.39, 0.29) is 5.91 Å². The normalized spacial score (nSPS) is 13.8. The molecule has 1 amide bonds. The smallest absolute Gasteiger partial charge is 0.240 e. The number of imidazole rings is 1. The van der Waals surface area contributed by atoms with Gasteiger partial charge in [0.25, 0.3) is 0 Å².